The minimum absolute atomic E-state index is 0.0446. The van der Waals surface area contributed by atoms with Gasteiger partial charge in [-0.25, -0.2) is 18.1 Å². The lowest BCUT2D eigenvalue weighted by Gasteiger charge is -2.28. The molecule has 1 aliphatic carbocycles. The Bertz CT molecular complexity index is 1020. The van der Waals surface area contributed by atoms with Crippen LogP contribution >= 0.6 is 0 Å². The fourth-order valence-electron chi connectivity index (χ4n) is 3.44. The van der Waals surface area contributed by atoms with Gasteiger partial charge in [0.05, 0.1) is 11.1 Å². The Labute approximate surface area is 158 Å². The second-order valence-corrected chi connectivity index (χ2v) is 8.48. The Morgan fingerprint density at radius 1 is 0.963 bits per heavy atom. The summed E-state index contributed by atoms with van der Waals surface area (Å²) in [6, 6.07) is 12.9. The van der Waals surface area contributed by atoms with Crippen LogP contribution in [0.3, 0.4) is 0 Å². The molecule has 0 bridgehead atoms. The highest BCUT2D eigenvalue weighted by molar-refractivity contribution is 7.89. The lowest BCUT2D eigenvalue weighted by Crippen LogP contribution is -2.39. The van der Waals surface area contributed by atoms with Crippen molar-refractivity contribution in [3.63, 3.8) is 0 Å². The van der Waals surface area contributed by atoms with Crippen LogP contribution in [-0.2, 0) is 10.0 Å². The number of nitrogens with one attached hydrogen (secondary N) is 1. The van der Waals surface area contributed by atoms with Crippen molar-refractivity contribution in [3.05, 3.63) is 61.1 Å². The van der Waals surface area contributed by atoms with Crippen molar-refractivity contribution in [3.8, 4) is 5.88 Å². The predicted octanol–water partition coefficient (Wildman–Crippen LogP) is 3.30. The van der Waals surface area contributed by atoms with Gasteiger partial charge in [-0.15, -0.1) is 0 Å². The molecule has 3 aromatic rings. The van der Waals surface area contributed by atoms with Gasteiger partial charge in [0.1, 0.15) is 6.10 Å². The smallest absolute Gasteiger partial charge is 0.240 e. The monoisotopic (exact) mass is 383 g/mol. The van der Waals surface area contributed by atoms with Crippen molar-refractivity contribution >= 4 is 20.8 Å². The molecule has 1 aromatic heterocycles. The van der Waals surface area contributed by atoms with Crippen molar-refractivity contribution in [1.29, 1.82) is 0 Å². The molecule has 0 unspecified atom stereocenters. The van der Waals surface area contributed by atoms with Crippen LogP contribution in [0.5, 0.6) is 5.88 Å². The molecule has 0 atom stereocenters. The predicted molar refractivity (Wildman–Crippen MR) is 103 cm³/mol. The van der Waals surface area contributed by atoms with E-state index < -0.39 is 10.0 Å². The number of rotatable bonds is 5. The molecule has 0 saturated heterocycles. The first-order valence-electron chi connectivity index (χ1n) is 9.04. The Morgan fingerprint density at radius 3 is 2.48 bits per heavy atom. The Morgan fingerprint density at radius 2 is 1.74 bits per heavy atom. The zero-order valence-electron chi connectivity index (χ0n) is 14.8. The lowest BCUT2D eigenvalue weighted by molar-refractivity contribution is 0.138. The van der Waals surface area contributed by atoms with Gasteiger partial charge in [-0.2, -0.15) is 0 Å². The van der Waals surface area contributed by atoms with Crippen LogP contribution in [0.4, 0.5) is 0 Å². The first-order chi connectivity index (χ1) is 13.1. The number of aromatic nitrogens is 2. The van der Waals surface area contributed by atoms with Gasteiger partial charge < -0.3 is 4.74 Å². The molecule has 0 spiro atoms. The maximum atomic E-state index is 12.8. The van der Waals surface area contributed by atoms with Crippen LogP contribution in [0.25, 0.3) is 10.8 Å². The summed E-state index contributed by atoms with van der Waals surface area (Å²) in [6.07, 6.45) is 7.86. The molecule has 27 heavy (non-hydrogen) atoms. The van der Waals surface area contributed by atoms with Crippen molar-refractivity contribution in [2.45, 2.75) is 42.7 Å². The van der Waals surface area contributed by atoms with E-state index in [2.05, 4.69) is 14.7 Å². The van der Waals surface area contributed by atoms with Gasteiger partial charge in [-0.05, 0) is 48.6 Å². The van der Waals surface area contributed by atoms with E-state index in [4.69, 9.17) is 4.74 Å². The maximum absolute atomic E-state index is 12.8. The molecule has 0 aliphatic heterocycles. The topological polar surface area (TPSA) is 81.2 Å². The molecule has 140 valence electrons. The van der Waals surface area contributed by atoms with Gasteiger partial charge in [0.2, 0.25) is 15.9 Å². The molecule has 7 heteroatoms. The Balaban J connectivity index is 1.38. The van der Waals surface area contributed by atoms with Gasteiger partial charge in [-0.1, -0.05) is 30.3 Å². The fraction of sp³-hybridized carbons (Fsp3) is 0.300. The minimum atomic E-state index is -3.54. The second kappa shape index (κ2) is 7.62. The molecule has 1 saturated carbocycles. The van der Waals surface area contributed by atoms with Crippen molar-refractivity contribution in [2.24, 2.45) is 0 Å². The van der Waals surface area contributed by atoms with Crippen LogP contribution in [0.15, 0.2) is 66.0 Å². The van der Waals surface area contributed by atoms with E-state index >= 15 is 0 Å². The molecule has 0 radical (unpaired) electrons. The lowest BCUT2D eigenvalue weighted by atomic mass is 9.94. The summed E-state index contributed by atoms with van der Waals surface area (Å²) in [5, 5.41) is 1.94. The highest BCUT2D eigenvalue weighted by Crippen LogP contribution is 2.25. The third-order valence-corrected chi connectivity index (χ3v) is 6.37. The van der Waals surface area contributed by atoms with E-state index in [0.717, 1.165) is 36.5 Å². The third kappa shape index (κ3) is 4.26. The SMILES string of the molecule is O=S(=O)(NC1CCC(Oc2cnccn2)CC1)c1ccc2ccccc2c1. The van der Waals surface area contributed by atoms with Gasteiger partial charge in [0, 0.05) is 18.4 Å². The normalized spacial score (nSPS) is 20.4. The maximum Gasteiger partial charge on any atom is 0.240 e. The molecule has 1 aliphatic rings. The van der Waals surface area contributed by atoms with Gasteiger partial charge in [0.25, 0.3) is 0 Å². The van der Waals surface area contributed by atoms with Crippen molar-refractivity contribution in [1.82, 2.24) is 14.7 Å². The number of ether oxygens (including phenoxy) is 1. The molecule has 1 heterocycles. The van der Waals surface area contributed by atoms with E-state index in [0.29, 0.717) is 10.8 Å². The van der Waals surface area contributed by atoms with Gasteiger partial charge in [-0.3, -0.25) is 4.98 Å². The number of hydrogen-bond donors (Lipinski definition) is 1. The molecule has 0 amide bonds. The molecular weight excluding hydrogens is 362 g/mol. The minimum Gasteiger partial charge on any atom is -0.473 e. The number of sulfonamides is 1. The number of benzene rings is 2. The summed E-state index contributed by atoms with van der Waals surface area (Å²) in [5.74, 6) is 0.512. The molecule has 1 N–H and O–H groups in total. The van der Waals surface area contributed by atoms with Crippen LogP contribution in [-0.4, -0.2) is 30.5 Å². The molecular formula is C20H21N3O3S. The van der Waals surface area contributed by atoms with Crippen LogP contribution in [0.1, 0.15) is 25.7 Å². The van der Waals surface area contributed by atoms with Crippen molar-refractivity contribution in [2.75, 3.05) is 0 Å². The zero-order chi connectivity index (χ0) is 18.7. The number of fused-ring (bicyclic) bond motifs is 1. The standard InChI is InChI=1S/C20H21N3O3S/c24-27(25,19-10-5-15-3-1-2-4-16(15)13-19)23-17-6-8-18(9-7-17)26-20-14-21-11-12-22-20/h1-5,10-14,17-18,23H,6-9H2. The first-order valence-corrected chi connectivity index (χ1v) is 10.5. The average Bonchev–Trinajstić information content (AvgIpc) is 2.70. The van der Waals surface area contributed by atoms with Gasteiger partial charge in [0.15, 0.2) is 0 Å². The summed E-state index contributed by atoms with van der Waals surface area (Å²) in [7, 11) is -3.54. The summed E-state index contributed by atoms with van der Waals surface area (Å²) < 4.78 is 34.2. The molecule has 6 nitrogen and oxygen atoms in total. The average molecular weight is 383 g/mol. The van der Waals surface area contributed by atoms with E-state index in [1.54, 1.807) is 30.7 Å². The van der Waals surface area contributed by atoms with Crippen LogP contribution in [0, 0.1) is 0 Å². The van der Waals surface area contributed by atoms with E-state index in [1.165, 1.54) is 0 Å². The Hall–Kier alpha value is -2.51. The summed E-state index contributed by atoms with van der Waals surface area (Å²) in [6.45, 7) is 0. The fourth-order valence-corrected chi connectivity index (χ4v) is 4.78. The van der Waals surface area contributed by atoms with E-state index in [-0.39, 0.29) is 12.1 Å². The van der Waals surface area contributed by atoms with Crippen LogP contribution < -0.4 is 9.46 Å². The summed E-state index contributed by atoms with van der Waals surface area (Å²) >= 11 is 0. The Kier molecular flexibility index (Phi) is 5.05. The van der Waals surface area contributed by atoms with Gasteiger partial charge >= 0.3 is 0 Å². The molecule has 2 aromatic carbocycles. The highest BCUT2D eigenvalue weighted by Gasteiger charge is 2.27. The highest BCUT2D eigenvalue weighted by atomic mass is 32.2. The van der Waals surface area contributed by atoms with E-state index in [1.807, 2.05) is 30.3 Å². The summed E-state index contributed by atoms with van der Waals surface area (Å²) in [5.41, 5.74) is 0. The quantitative estimate of drug-likeness (QED) is 0.731. The number of hydrogen-bond acceptors (Lipinski definition) is 5. The molecule has 4 rings (SSSR count). The third-order valence-electron chi connectivity index (χ3n) is 4.85. The summed E-state index contributed by atoms with van der Waals surface area (Å²) in [4.78, 5) is 8.41. The van der Waals surface area contributed by atoms with E-state index in [9.17, 15) is 8.42 Å². The zero-order valence-corrected chi connectivity index (χ0v) is 15.6. The molecule has 1 fully saturated rings. The second-order valence-electron chi connectivity index (χ2n) is 6.77. The largest absolute Gasteiger partial charge is 0.473 e. The first kappa shape index (κ1) is 17.9. The van der Waals surface area contributed by atoms with Crippen molar-refractivity contribution < 1.29 is 13.2 Å². The van der Waals surface area contributed by atoms with Crippen LogP contribution in [0.2, 0.25) is 0 Å². The number of nitrogens with zero attached hydrogens (tertiary/aromatic N) is 2.